The Balaban J connectivity index is 1.80. The Morgan fingerprint density at radius 2 is 2.05 bits per heavy atom. The van der Waals surface area contributed by atoms with E-state index < -0.39 is 0 Å². The maximum absolute atomic E-state index is 11.8. The molecule has 0 aliphatic heterocycles. The molecule has 0 saturated heterocycles. The second-order valence-corrected chi connectivity index (χ2v) is 5.42. The lowest BCUT2D eigenvalue weighted by Crippen LogP contribution is -2.36. The van der Waals surface area contributed by atoms with Gasteiger partial charge in [-0.2, -0.15) is 0 Å². The molecule has 0 radical (unpaired) electrons. The van der Waals surface area contributed by atoms with Crippen LogP contribution in [0, 0.1) is 6.92 Å². The standard InChI is InChI=1S/C15H17NO2S/c1-11-5-7-13(8-6-11)18-10-12(2)16-15(17)14-4-3-9-19-14/h3-9,12H,10H2,1-2H3,(H,16,17). The van der Waals surface area contributed by atoms with Crippen LogP contribution < -0.4 is 10.1 Å². The summed E-state index contributed by atoms with van der Waals surface area (Å²) in [4.78, 5) is 12.5. The number of amides is 1. The fraction of sp³-hybridized carbons (Fsp3) is 0.267. The van der Waals surface area contributed by atoms with Gasteiger partial charge >= 0.3 is 0 Å². The number of ether oxygens (including phenoxy) is 1. The zero-order valence-electron chi connectivity index (χ0n) is 11.1. The van der Waals surface area contributed by atoms with Crippen LogP contribution in [0.1, 0.15) is 22.2 Å². The Bertz CT molecular complexity index is 520. The highest BCUT2D eigenvalue weighted by Crippen LogP contribution is 2.12. The molecule has 1 heterocycles. The zero-order valence-corrected chi connectivity index (χ0v) is 11.9. The van der Waals surface area contributed by atoms with Gasteiger partial charge in [0, 0.05) is 0 Å². The highest BCUT2D eigenvalue weighted by Gasteiger charge is 2.10. The van der Waals surface area contributed by atoms with Gasteiger partial charge in [0.05, 0.1) is 10.9 Å². The van der Waals surface area contributed by atoms with Crippen LogP contribution in [-0.2, 0) is 0 Å². The molecule has 0 saturated carbocycles. The number of benzene rings is 1. The molecular formula is C15H17NO2S. The molecule has 1 amide bonds. The van der Waals surface area contributed by atoms with Gasteiger partial charge in [-0.1, -0.05) is 23.8 Å². The topological polar surface area (TPSA) is 38.3 Å². The van der Waals surface area contributed by atoms with E-state index in [0.717, 1.165) is 10.6 Å². The number of rotatable bonds is 5. The Morgan fingerprint density at radius 3 is 2.68 bits per heavy atom. The molecule has 0 fully saturated rings. The first-order valence-electron chi connectivity index (χ1n) is 6.19. The zero-order chi connectivity index (χ0) is 13.7. The molecule has 1 atom stereocenters. The molecule has 3 nitrogen and oxygen atoms in total. The molecular weight excluding hydrogens is 258 g/mol. The van der Waals surface area contributed by atoms with E-state index in [1.54, 1.807) is 0 Å². The number of nitrogens with one attached hydrogen (secondary N) is 1. The first kappa shape index (κ1) is 13.6. The van der Waals surface area contributed by atoms with Gasteiger partial charge in [0.15, 0.2) is 0 Å². The monoisotopic (exact) mass is 275 g/mol. The minimum Gasteiger partial charge on any atom is -0.491 e. The van der Waals surface area contributed by atoms with Gasteiger partial charge in [0.25, 0.3) is 5.91 Å². The molecule has 0 bridgehead atoms. The molecule has 0 spiro atoms. The Labute approximate surface area is 117 Å². The fourth-order valence-corrected chi connectivity index (χ4v) is 2.23. The summed E-state index contributed by atoms with van der Waals surface area (Å²) in [6.07, 6.45) is 0. The minimum atomic E-state index is -0.0463. The molecule has 4 heteroatoms. The highest BCUT2D eigenvalue weighted by atomic mass is 32.1. The minimum absolute atomic E-state index is 0.0316. The lowest BCUT2D eigenvalue weighted by Gasteiger charge is -2.14. The van der Waals surface area contributed by atoms with E-state index in [4.69, 9.17) is 4.74 Å². The van der Waals surface area contributed by atoms with Gasteiger partial charge in [-0.3, -0.25) is 4.79 Å². The van der Waals surface area contributed by atoms with Gasteiger partial charge in [0.2, 0.25) is 0 Å². The van der Waals surface area contributed by atoms with E-state index in [-0.39, 0.29) is 11.9 Å². The number of aryl methyl sites for hydroxylation is 1. The lowest BCUT2D eigenvalue weighted by atomic mass is 10.2. The molecule has 0 aliphatic carbocycles. The third kappa shape index (κ3) is 4.10. The van der Waals surface area contributed by atoms with Crippen LogP contribution in [0.2, 0.25) is 0 Å². The van der Waals surface area contributed by atoms with Crippen molar-refractivity contribution >= 4 is 17.2 Å². The predicted octanol–water partition coefficient (Wildman–Crippen LogP) is 3.25. The fourth-order valence-electron chi connectivity index (χ4n) is 1.60. The number of hydrogen-bond donors (Lipinski definition) is 1. The molecule has 1 aromatic heterocycles. The van der Waals surface area contributed by atoms with E-state index in [1.165, 1.54) is 16.9 Å². The maximum atomic E-state index is 11.8. The SMILES string of the molecule is Cc1ccc(OCC(C)NC(=O)c2cccs2)cc1. The lowest BCUT2D eigenvalue weighted by molar-refractivity contribution is 0.0931. The summed E-state index contributed by atoms with van der Waals surface area (Å²) < 4.78 is 5.63. The van der Waals surface area contributed by atoms with E-state index in [9.17, 15) is 4.79 Å². The van der Waals surface area contributed by atoms with Crippen LogP contribution in [0.4, 0.5) is 0 Å². The second-order valence-electron chi connectivity index (χ2n) is 4.48. The summed E-state index contributed by atoms with van der Waals surface area (Å²) in [7, 11) is 0. The van der Waals surface area contributed by atoms with Crippen LogP contribution in [0.5, 0.6) is 5.75 Å². The summed E-state index contributed by atoms with van der Waals surface area (Å²) in [6, 6.07) is 11.5. The van der Waals surface area contributed by atoms with Crippen molar-refractivity contribution in [2.45, 2.75) is 19.9 Å². The van der Waals surface area contributed by atoms with E-state index in [2.05, 4.69) is 5.32 Å². The molecule has 1 aromatic carbocycles. The number of hydrogen-bond acceptors (Lipinski definition) is 3. The summed E-state index contributed by atoms with van der Waals surface area (Å²) in [5, 5.41) is 4.80. The number of thiophene rings is 1. The molecule has 2 aromatic rings. The van der Waals surface area contributed by atoms with Gasteiger partial charge in [-0.15, -0.1) is 11.3 Å². The number of carbonyl (C=O) groups excluding carboxylic acids is 1. The van der Waals surface area contributed by atoms with Crippen LogP contribution in [-0.4, -0.2) is 18.6 Å². The largest absolute Gasteiger partial charge is 0.491 e. The first-order valence-corrected chi connectivity index (χ1v) is 7.07. The Kier molecular flexibility index (Phi) is 4.58. The van der Waals surface area contributed by atoms with Crippen LogP contribution in [0.15, 0.2) is 41.8 Å². The quantitative estimate of drug-likeness (QED) is 0.909. The second kappa shape index (κ2) is 6.38. The van der Waals surface area contributed by atoms with Crippen molar-refractivity contribution in [1.29, 1.82) is 0 Å². The highest BCUT2D eigenvalue weighted by molar-refractivity contribution is 7.12. The normalized spacial score (nSPS) is 11.9. The van der Waals surface area contributed by atoms with Crippen LogP contribution in [0.3, 0.4) is 0 Å². The van der Waals surface area contributed by atoms with Gasteiger partial charge in [0.1, 0.15) is 12.4 Å². The van der Waals surface area contributed by atoms with E-state index in [0.29, 0.717) is 6.61 Å². The van der Waals surface area contributed by atoms with E-state index >= 15 is 0 Å². The maximum Gasteiger partial charge on any atom is 0.261 e. The molecule has 0 aliphatic rings. The molecule has 100 valence electrons. The van der Waals surface area contributed by atoms with Crippen molar-refractivity contribution in [2.75, 3.05) is 6.61 Å². The summed E-state index contributed by atoms with van der Waals surface area (Å²) in [5.74, 6) is 0.776. The summed E-state index contributed by atoms with van der Waals surface area (Å²) >= 11 is 1.44. The van der Waals surface area contributed by atoms with Crippen molar-refractivity contribution in [2.24, 2.45) is 0 Å². The average molecular weight is 275 g/mol. The van der Waals surface area contributed by atoms with Crippen molar-refractivity contribution < 1.29 is 9.53 Å². The van der Waals surface area contributed by atoms with Crippen molar-refractivity contribution in [3.8, 4) is 5.75 Å². The van der Waals surface area contributed by atoms with Crippen LogP contribution in [0.25, 0.3) is 0 Å². The summed E-state index contributed by atoms with van der Waals surface area (Å²) in [6.45, 7) is 4.42. The van der Waals surface area contributed by atoms with Crippen molar-refractivity contribution in [3.63, 3.8) is 0 Å². The van der Waals surface area contributed by atoms with Crippen molar-refractivity contribution in [1.82, 2.24) is 5.32 Å². The average Bonchev–Trinajstić information content (AvgIpc) is 2.92. The van der Waals surface area contributed by atoms with Gasteiger partial charge in [-0.25, -0.2) is 0 Å². The molecule has 1 unspecified atom stereocenters. The molecule has 2 rings (SSSR count). The summed E-state index contributed by atoms with van der Waals surface area (Å²) in [5.41, 5.74) is 1.20. The van der Waals surface area contributed by atoms with E-state index in [1.807, 2.05) is 55.6 Å². The van der Waals surface area contributed by atoms with Crippen LogP contribution >= 0.6 is 11.3 Å². The third-order valence-electron chi connectivity index (χ3n) is 2.64. The van der Waals surface area contributed by atoms with Gasteiger partial charge < -0.3 is 10.1 Å². The number of carbonyl (C=O) groups is 1. The predicted molar refractivity (Wildman–Crippen MR) is 77.9 cm³/mol. The van der Waals surface area contributed by atoms with Gasteiger partial charge in [-0.05, 0) is 37.4 Å². The smallest absolute Gasteiger partial charge is 0.261 e. The first-order chi connectivity index (χ1) is 9.15. The molecule has 1 N–H and O–H groups in total. The Morgan fingerprint density at radius 1 is 1.32 bits per heavy atom. The van der Waals surface area contributed by atoms with Crippen molar-refractivity contribution in [3.05, 3.63) is 52.2 Å². The third-order valence-corrected chi connectivity index (χ3v) is 3.51. The Hall–Kier alpha value is -1.81. The molecule has 19 heavy (non-hydrogen) atoms.